The van der Waals surface area contributed by atoms with Crippen LogP contribution in [-0.2, 0) is 6.54 Å². The van der Waals surface area contributed by atoms with Crippen LogP contribution in [0.4, 0.5) is 0 Å². The number of nitriles is 1. The van der Waals surface area contributed by atoms with Crippen molar-refractivity contribution in [2.24, 2.45) is 0 Å². The minimum atomic E-state index is -0.0689. The molecule has 128 valence electrons. The van der Waals surface area contributed by atoms with Gasteiger partial charge in [0.25, 0.3) is 5.91 Å². The molecule has 2 aromatic rings. The highest BCUT2D eigenvalue weighted by Gasteiger charge is 2.21. The van der Waals surface area contributed by atoms with Gasteiger partial charge in [0.2, 0.25) is 0 Å². The van der Waals surface area contributed by atoms with Crippen LogP contribution >= 0.6 is 11.6 Å². The number of hydrogen-bond acceptors (Lipinski definition) is 3. The van der Waals surface area contributed by atoms with Crippen LogP contribution in [0, 0.1) is 11.3 Å². The van der Waals surface area contributed by atoms with Crippen LogP contribution in [0.1, 0.15) is 34.3 Å². The molecule has 5 heteroatoms. The summed E-state index contributed by atoms with van der Waals surface area (Å²) in [6.45, 7) is 2.83. The smallest absolute Gasteiger partial charge is 0.251 e. The van der Waals surface area contributed by atoms with E-state index < -0.39 is 0 Å². The van der Waals surface area contributed by atoms with E-state index in [1.165, 1.54) is 5.56 Å². The van der Waals surface area contributed by atoms with Gasteiger partial charge in [-0.1, -0.05) is 23.7 Å². The molecule has 1 amide bonds. The summed E-state index contributed by atoms with van der Waals surface area (Å²) in [4.78, 5) is 14.7. The zero-order chi connectivity index (χ0) is 17.6. The summed E-state index contributed by atoms with van der Waals surface area (Å²) in [6, 6.07) is 16.9. The molecule has 1 N–H and O–H groups in total. The molecule has 4 nitrogen and oxygen atoms in total. The summed E-state index contributed by atoms with van der Waals surface area (Å²) in [5, 5.41) is 12.7. The standard InChI is InChI=1S/C20H20ClN3O/c21-18-7-3-16(4-8-18)14-24-11-9-19(10-12-24)23-20(25)17-5-1-15(13-22)2-6-17/h1-8,19H,9-12,14H2,(H,23,25). The number of hydrogen-bond donors (Lipinski definition) is 1. The second-order valence-corrected chi connectivity index (χ2v) is 6.78. The van der Waals surface area contributed by atoms with Crippen molar-refractivity contribution < 1.29 is 4.79 Å². The molecule has 0 aliphatic carbocycles. The van der Waals surface area contributed by atoms with Gasteiger partial charge < -0.3 is 5.32 Å². The maximum atomic E-state index is 12.3. The molecular formula is C20H20ClN3O. The van der Waals surface area contributed by atoms with E-state index in [-0.39, 0.29) is 11.9 Å². The van der Waals surface area contributed by atoms with E-state index in [1.807, 2.05) is 12.1 Å². The number of carbonyl (C=O) groups is 1. The third-order valence-electron chi connectivity index (χ3n) is 4.52. The van der Waals surface area contributed by atoms with E-state index in [1.54, 1.807) is 24.3 Å². The zero-order valence-electron chi connectivity index (χ0n) is 13.9. The molecule has 1 saturated heterocycles. The van der Waals surface area contributed by atoms with Crippen LogP contribution in [0.3, 0.4) is 0 Å². The molecule has 0 atom stereocenters. The average Bonchev–Trinajstić information content (AvgIpc) is 2.65. The van der Waals surface area contributed by atoms with Gasteiger partial charge >= 0.3 is 0 Å². The van der Waals surface area contributed by atoms with Crippen molar-refractivity contribution in [3.05, 3.63) is 70.2 Å². The summed E-state index contributed by atoms with van der Waals surface area (Å²) < 4.78 is 0. The quantitative estimate of drug-likeness (QED) is 0.913. The van der Waals surface area contributed by atoms with E-state index in [4.69, 9.17) is 16.9 Å². The topological polar surface area (TPSA) is 56.1 Å². The van der Waals surface area contributed by atoms with Crippen molar-refractivity contribution in [2.75, 3.05) is 13.1 Å². The zero-order valence-corrected chi connectivity index (χ0v) is 14.7. The summed E-state index contributed by atoms with van der Waals surface area (Å²) >= 11 is 5.92. The van der Waals surface area contributed by atoms with Crippen molar-refractivity contribution in [2.45, 2.75) is 25.4 Å². The number of carbonyl (C=O) groups excluding carboxylic acids is 1. The minimum absolute atomic E-state index is 0.0689. The Bertz CT molecular complexity index is 757. The number of likely N-dealkylation sites (tertiary alicyclic amines) is 1. The van der Waals surface area contributed by atoms with Crippen LogP contribution in [0.5, 0.6) is 0 Å². The van der Waals surface area contributed by atoms with Crippen LogP contribution in [-0.4, -0.2) is 29.9 Å². The van der Waals surface area contributed by atoms with Crippen molar-refractivity contribution in [3.8, 4) is 6.07 Å². The molecule has 1 aliphatic rings. The monoisotopic (exact) mass is 353 g/mol. The Morgan fingerprint density at radius 2 is 1.76 bits per heavy atom. The first kappa shape index (κ1) is 17.5. The van der Waals surface area contributed by atoms with Gasteiger partial charge in [-0.15, -0.1) is 0 Å². The molecule has 1 aliphatic heterocycles. The number of rotatable bonds is 4. The first-order valence-electron chi connectivity index (χ1n) is 8.42. The number of halogens is 1. The normalized spacial score (nSPS) is 15.5. The molecule has 1 heterocycles. The van der Waals surface area contributed by atoms with E-state index in [0.717, 1.165) is 37.5 Å². The molecular weight excluding hydrogens is 334 g/mol. The lowest BCUT2D eigenvalue weighted by Crippen LogP contribution is -2.44. The highest BCUT2D eigenvalue weighted by Crippen LogP contribution is 2.16. The van der Waals surface area contributed by atoms with Gasteiger partial charge in [0.05, 0.1) is 11.6 Å². The van der Waals surface area contributed by atoms with Crippen LogP contribution in [0.2, 0.25) is 5.02 Å². The molecule has 0 saturated carbocycles. The summed E-state index contributed by atoms with van der Waals surface area (Å²) in [6.07, 6.45) is 1.88. The van der Waals surface area contributed by atoms with E-state index in [9.17, 15) is 4.79 Å². The van der Waals surface area contributed by atoms with Crippen molar-refractivity contribution >= 4 is 17.5 Å². The summed E-state index contributed by atoms with van der Waals surface area (Å²) in [5.74, 6) is -0.0689. The van der Waals surface area contributed by atoms with Crippen LogP contribution < -0.4 is 5.32 Å². The van der Waals surface area contributed by atoms with Gasteiger partial charge in [0.1, 0.15) is 0 Å². The lowest BCUT2D eigenvalue weighted by molar-refractivity contribution is 0.0909. The fraction of sp³-hybridized carbons (Fsp3) is 0.300. The number of nitrogens with one attached hydrogen (secondary N) is 1. The van der Waals surface area contributed by atoms with Crippen LogP contribution in [0.15, 0.2) is 48.5 Å². The molecule has 0 radical (unpaired) electrons. The number of amides is 1. The Morgan fingerprint density at radius 3 is 2.36 bits per heavy atom. The lowest BCUT2D eigenvalue weighted by Gasteiger charge is -2.32. The lowest BCUT2D eigenvalue weighted by atomic mass is 10.0. The second-order valence-electron chi connectivity index (χ2n) is 6.34. The highest BCUT2D eigenvalue weighted by molar-refractivity contribution is 6.30. The van der Waals surface area contributed by atoms with Gasteiger partial charge in [0.15, 0.2) is 0 Å². The molecule has 0 unspecified atom stereocenters. The second kappa shape index (κ2) is 8.15. The van der Waals surface area contributed by atoms with Crippen molar-refractivity contribution in [3.63, 3.8) is 0 Å². The predicted molar refractivity (Wildman–Crippen MR) is 98.4 cm³/mol. The maximum Gasteiger partial charge on any atom is 0.251 e. The molecule has 25 heavy (non-hydrogen) atoms. The number of benzene rings is 2. The van der Waals surface area contributed by atoms with Gasteiger partial charge in [-0.3, -0.25) is 9.69 Å². The van der Waals surface area contributed by atoms with Gasteiger partial charge in [0, 0.05) is 36.3 Å². The minimum Gasteiger partial charge on any atom is -0.349 e. The van der Waals surface area contributed by atoms with Gasteiger partial charge in [-0.05, 0) is 54.8 Å². The Balaban J connectivity index is 1.47. The Morgan fingerprint density at radius 1 is 1.12 bits per heavy atom. The molecule has 0 aromatic heterocycles. The largest absolute Gasteiger partial charge is 0.349 e. The molecule has 1 fully saturated rings. The van der Waals surface area contributed by atoms with E-state index in [0.29, 0.717) is 11.1 Å². The van der Waals surface area contributed by atoms with Crippen molar-refractivity contribution in [1.82, 2.24) is 10.2 Å². The maximum absolute atomic E-state index is 12.3. The molecule has 0 spiro atoms. The number of piperidine rings is 1. The van der Waals surface area contributed by atoms with E-state index in [2.05, 4.69) is 28.4 Å². The highest BCUT2D eigenvalue weighted by atomic mass is 35.5. The summed E-state index contributed by atoms with van der Waals surface area (Å²) in [5.41, 5.74) is 2.42. The third kappa shape index (κ3) is 4.82. The molecule has 2 aromatic carbocycles. The molecule has 3 rings (SSSR count). The first-order chi connectivity index (χ1) is 12.1. The predicted octanol–water partition coefficient (Wildman–Crippen LogP) is 3.61. The third-order valence-corrected chi connectivity index (χ3v) is 4.77. The van der Waals surface area contributed by atoms with Gasteiger partial charge in [-0.2, -0.15) is 5.26 Å². The van der Waals surface area contributed by atoms with Crippen LogP contribution in [0.25, 0.3) is 0 Å². The Hall–Kier alpha value is -2.35. The Labute approximate surface area is 153 Å². The number of nitrogens with zero attached hydrogens (tertiary/aromatic N) is 2. The SMILES string of the molecule is N#Cc1ccc(C(=O)NC2CCN(Cc3ccc(Cl)cc3)CC2)cc1. The van der Waals surface area contributed by atoms with Crippen molar-refractivity contribution in [1.29, 1.82) is 5.26 Å². The fourth-order valence-corrected chi connectivity index (χ4v) is 3.17. The summed E-state index contributed by atoms with van der Waals surface area (Å²) in [7, 11) is 0. The average molecular weight is 354 g/mol. The fourth-order valence-electron chi connectivity index (χ4n) is 3.05. The Kier molecular flexibility index (Phi) is 5.70. The van der Waals surface area contributed by atoms with E-state index >= 15 is 0 Å². The first-order valence-corrected chi connectivity index (χ1v) is 8.79. The molecule has 0 bridgehead atoms. The van der Waals surface area contributed by atoms with Gasteiger partial charge in [-0.25, -0.2) is 0 Å².